The van der Waals surface area contributed by atoms with Gasteiger partial charge in [0.1, 0.15) is 61.0 Å². The van der Waals surface area contributed by atoms with Crippen LogP contribution < -0.4 is 0 Å². The van der Waals surface area contributed by atoms with Crippen molar-refractivity contribution in [3.05, 3.63) is 0 Å². The lowest BCUT2D eigenvalue weighted by atomic mass is 9.70. The number of hydrogen-bond acceptors (Lipinski definition) is 16. The van der Waals surface area contributed by atoms with Gasteiger partial charge >= 0.3 is 0 Å². The lowest BCUT2D eigenvalue weighted by Crippen LogP contribution is -2.80. The molecule has 3 rings (SSSR count). The van der Waals surface area contributed by atoms with Crippen LogP contribution in [0.3, 0.4) is 0 Å². The molecule has 0 spiro atoms. The molecule has 16 nitrogen and oxygen atoms in total. The minimum Gasteiger partial charge on any atom is -0.394 e. The van der Waals surface area contributed by atoms with Crippen LogP contribution in [0.1, 0.15) is 0 Å². The first-order chi connectivity index (χ1) is 15.9. The Morgan fingerprint density at radius 2 is 1.21 bits per heavy atom. The molecular weight excluding hydrogens is 472 g/mol. The molecular formula is C18H32O16. The van der Waals surface area contributed by atoms with Crippen molar-refractivity contribution in [3.8, 4) is 0 Å². The first-order valence-corrected chi connectivity index (χ1v) is 10.5. The molecule has 14 atom stereocenters. The lowest BCUT2D eigenvalue weighted by molar-refractivity contribution is -0.413. The fourth-order valence-corrected chi connectivity index (χ4v) is 4.68. The fraction of sp³-hybridized carbons (Fsp3) is 1.00. The van der Waals surface area contributed by atoms with Crippen molar-refractivity contribution in [2.24, 2.45) is 0 Å². The number of hydrogen-bond donors (Lipinski definition) is 12. The Hall–Kier alpha value is -0.640. The van der Waals surface area contributed by atoms with E-state index in [4.69, 9.17) is 18.9 Å². The molecule has 0 aromatic carbocycles. The highest BCUT2D eigenvalue weighted by atomic mass is 16.7. The van der Waals surface area contributed by atoms with Gasteiger partial charge in [-0.05, 0) is 0 Å². The van der Waals surface area contributed by atoms with Gasteiger partial charge in [-0.15, -0.1) is 0 Å². The van der Waals surface area contributed by atoms with Gasteiger partial charge in [-0.25, -0.2) is 0 Å². The Morgan fingerprint density at radius 3 is 1.71 bits per heavy atom. The molecule has 34 heavy (non-hydrogen) atoms. The van der Waals surface area contributed by atoms with Gasteiger partial charge in [-0.3, -0.25) is 0 Å². The molecule has 0 bridgehead atoms. The Kier molecular flexibility index (Phi) is 8.53. The molecule has 200 valence electrons. The highest BCUT2D eigenvalue weighted by Gasteiger charge is 2.74. The number of aliphatic hydroxyl groups is 12. The molecule has 3 fully saturated rings. The van der Waals surface area contributed by atoms with E-state index >= 15 is 0 Å². The molecule has 3 aliphatic heterocycles. The van der Waals surface area contributed by atoms with Crippen LogP contribution >= 0.6 is 0 Å². The summed E-state index contributed by atoms with van der Waals surface area (Å²) in [6, 6.07) is 0. The first kappa shape index (κ1) is 27.9. The zero-order valence-electron chi connectivity index (χ0n) is 17.8. The molecule has 16 heteroatoms. The van der Waals surface area contributed by atoms with Gasteiger partial charge < -0.3 is 80.2 Å². The Bertz CT molecular complexity index is 682. The fourth-order valence-electron chi connectivity index (χ4n) is 4.68. The van der Waals surface area contributed by atoms with Crippen LogP contribution in [0.5, 0.6) is 0 Å². The van der Waals surface area contributed by atoms with E-state index in [2.05, 4.69) is 0 Å². The molecule has 3 heterocycles. The lowest BCUT2D eigenvalue weighted by Gasteiger charge is -2.56. The second kappa shape index (κ2) is 10.4. The van der Waals surface area contributed by atoms with Crippen molar-refractivity contribution in [1.82, 2.24) is 0 Å². The van der Waals surface area contributed by atoms with Gasteiger partial charge in [0.25, 0.3) is 0 Å². The summed E-state index contributed by atoms with van der Waals surface area (Å²) in [5.74, 6) is 0. The smallest absolute Gasteiger partial charge is 0.193 e. The molecule has 2 unspecified atom stereocenters. The van der Waals surface area contributed by atoms with E-state index in [1.54, 1.807) is 0 Å². The van der Waals surface area contributed by atoms with E-state index in [0.717, 1.165) is 0 Å². The zero-order valence-corrected chi connectivity index (χ0v) is 17.8. The van der Waals surface area contributed by atoms with Crippen molar-refractivity contribution < 1.29 is 80.2 Å². The second-order valence-corrected chi connectivity index (χ2v) is 8.60. The Balaban J connectivity index is 2.07. The van der Waals surface area contributed by atoms with Gasteiger partial charge in [0, 0.05) is 0 Å². The average Bonchev–Trinajstić information content (AvgIpc) is 3.09. The minimum atomic E-state index is -3.17. The largest absolute Gasteiger partial charge is 0.394 e. The summed E-state index contributed by atoms with van der Waals surface area (Å²) in [5.41, 5.74) is -5.93. The second-order valence-electron chi connectivity index (χ2n) is 8.60. The normalized spacial score (nSPS) is 54.4. The SMILES string of the molecule is OC[C@H]1OC(CO)([C@]2(O)[C@H](O[C@H]3[C@H](O)[C@@H](O)C(O)O[C@@H]3CO)O[C@H](CO)[C@H](O)[C@@H]2O)[C@@H](O)[C@@H]1O. The van der Waals surface area contributed by atoms with Gasteiger partial charge in [0.15, 0.2) is 23.8 Å². The summed E-state index contributed by atoms with van der Waals surface area (Å²) in [7, 11) is 0. The summed E-state index contributed by atoms with van der Waals surface area (Å²) in [5, 5.41) is 123. The summed E-state index contributed by atoms with van der Waals surface area (Å²) < 4.78 is 21.2. The average molecular weight is 504 g/mol. The van der Waals surface area contributed by atoms with E-state index in [0.29, 0.717) is 0 Å². The first-order valence-electron chi connectivity index (χ1n) is 10.5. The van der Waals surface area contributed by atoms with Gasteiger partial charge in [-0.1, -0.05) is 0 Å². The molecule has 12 N–H and O–H groups in total. The number of ether oxygens (including phenoxy) is 4. The summed E-state index contributed by atoms with van der Waals surface area (Å²) in [4.78, 5) is 0. The van der Waals surface area contributed by atoms with Crippen LogP contribution in [0.15, 0.2) is 0 Å². The predicted molar refractivity (Wildman–Crippen MR) is 101 cm³/mol. The molecule has 0 aromatic rings. The van der Waals surface area contributed by atoms with Crippen LogP contribution in [0.2, 0.25) is 0 Å². The van der Waals surface area contributed by atoms with E-state index in [1.165, 1.54) is 0 Å². The van der Waals surface area contributed by atoms with Gasteiger partial charge in [-0.2, -0.15) is 0 Å². The quantitative estimate of drug-likeness (QED) is 0.153. The number of rotatable bonds is 7. The topological polar surface area (TPSA) is 280 Å². The van der Waals surface area contributed by atoms with E-state index in [1.807, 2.05) is 0 Å². The third-order valence-electron chi connectivity index (χ3n) is 6.75. The standard InChI is InChI=1S/C18H32O16/c19-1-5-8(23)14(28)18(30,17(4-22)13(27)9(24)6(2-20)34-17)16(32-5)33-12-7(3-21)31-15(29)11(26)10(12)25/h5-16,19-30H,1-4H2/t5-,6-,7-,8+,9-,10-,11-,12-,13+,14+,15?,16+,17?,18-/m1/s1. The Morgan fingerprint density at radius 1 is 0.647 bits per heavy atom. The van der Waals surface area contributed by atoms with Crippen LogP contribution in [-0.2, 0) is 18.9 Å². The van der Waals surface area contributed by atoms with Crippen LogP contribution in [0.25, 0.3) is 0 Å². The van der Waals surface area contributed by atoms with Crippen molar-refractivity contribution in [2.45, 2.75) is 84.8 Å². The zero-order chi connectivity index (χ0) is 25.6. The Labute approximate surface area is 192 Å². The van der Waals surface area contributed by atoms with Crippen molar-refractivity contribution in [2.75, 3.05) is 26.4 Å². The van der Waals surface area contributed by atoms with Crippen molar-refractivity contribution >= 4 is 0 Å². The maximum absolute atomic E-state index is 11.7. The monoisotopic (exact) mass is 504 g/mol. The summed E-state index contributed by atoms with van der Waals surface area (Å²) >= 11 is 0. The third-order valence-corrected chi connectivity index (χ3v) is 6.75. The van der Waals surface area contributed by atoms with E-state index in [-0.39, 0.29) is 0 Å². The van der Waals surface area contributed by atoms with Crippen molar-refractivity contribution in [1.29, 1.82) is 0 Å². The highest BCUT2D eigenvalue weighted by Crippen LogP contribution is 2.48. The van der Waals surface area contributed by atoms with Gasteiger partial charge in [0.2, 0.25) is 0 Å². The molecule has 0 aliphatic carbocycles. The highest BCUT2D eigenvalue weighted by molar-refractivity contribution is 5.20. The molecule has 3 saturated heterocycles. The van der Waals surface area contributed by atoms with Crippen molar-refractivity contribution in [3.63, 3.8) is 0 Å². The molecule has 0 radical (unpaired) electrons. The molecule has 0 amide bonds. The van der Waals surface area contributed by atoms with Crippen LogP contribution in [-0.4, -0.2) is 173 Å². The summed E-state index contributed by atoms with van der Waals surface area (Å²) in [6.07, 6.45) is -23.2. The molecule has 0 saturated carbocycles. The summed E-state index contributed by atoms with van der Waals surface area (Å²) in [6.45, 7) is -4.05. The van der Waals surface area contributed by atoms with Crippen LogP contribution in [0, 0.1) is 0 Å². The number of aliphatic hydroxyl groups excluding tert-OH is 11. The minimum absolute atomic E-state index is 0.888. The van der Waals surface area contributed by atoms with E-state index < -0.39 is 111 Å². The van der Waals surface area contributed by atoms with E-state index in [9.17, 15) is 61.3 Å². The molecule has 3 aliphatic rings. The molecule has 0 aromatic heterocycles. The van der Waals surface area contributed by atoms with Crippen LogP contribution in [0.4, 0.5) is 0 Å². The maximum atomic E-state index is 11.7. The maximum Gasteiger partial charge on any atom is 0.193 e. The van der Waals surface area contributed by atoms with Gasteiger partial charge in [0.05, 0.1) is 26.4 Å². The predicted octanol–water partition coefficient (Wildman–Crippen LogP) is -8.18. The third kappa shape index (κ3) is 4.06.